The maximum Gasteiger partial charge on any atom is 0.428 e. The van der Waals surface area contributed by atoms with Crippen LogP contribution in [0.5, 0.6) is 0 Å². The van der Waals surface area contributed by atoms with Crippen molar-refractivity contribution in [3.8, 4) is 0 Å². The number of carbonyl (C=O) groups is 1. The Kier molecular flexibility index (Phi) is 5.06. The van der Waals surface area contributed by atoms with Crippen LogP contribution in [-0.4, -0.2) is 19.2 Å². The molecule has 3 heteroatoms. The number of ether oxygens (including phenoxy) is 1. The highest BCUT2D eigenvalue weighted by Crippen LogP contribution is 2.28. The minimum Gasteiger partial charge on any atom is -0.448 e. The molecule has 0 aliphatic heterocycles. The fraction of sp³-hybridized carbons (Fsp3) is 0.533. The van der Waals surface area contributed by atoms with E-state index in [1.807, 2.05) is 30.3 Å². The van der Waals surface area contributed by atoms with Gasteiger partial charge in [-0.25, -0.2) is 10.1 Å². The molecule has 0 heterocycles. The largest absolute Gasteiger partial charge is 0.448 e. The molecule has 1 saturated carbocycles. The van der Waals surface area contributed by atoms with E-state index in [0.29, 0.717) is 13.2 Å². The van der Waals surface area contributed by atoms with Crippen molar-refractivity contribution in [3.05, 3.63) is 35.9 Å². The second kappa shape index (κ2) is 7.04. The maximum absolute atomic E-state index is 11.3. The van der Waals surface area contributed by atoms with Crippen LogP contribution in [-0.2, 0) is 11.2 Å². The molecule has 97 valence electrons. The third-order valence-corrected chi connectivity index (χ3v) is 3.46. The number of carbonyl (C=O) groups excluding carboxylic acids is 1. The predicted octanol–water partition coefficient (Wildman–Crippen LogP) is 3.16. The third-order valence-electron chi connectivity index (χ3n) is 3.46. The summed E-state index contributed by atoms with van der Waals surface area (Å²) in [7, 11) is 0. The molecule has 0 N–H and O–H groups in total. The predicted molar refractivity (Wildman–Crippen MR) is 70.5 cm³/mol. The Labute approximate surface area is 109 Å². The molecular weight excluding hydrogens is 226 g/mol. The quantitative estimate of drug-likeness (QED) is 0.773. The van der Waals surface area contributed by atoms with E-state index in [0.717, 1.165) is 18.8 Å². The summed E-state index contributed by atoms with van der Waals surface area (Å²) in [6.07, 6.45) is 5.33. The Morgan fingerprint density at radius 2 is 2.06 bits per heavy atom. The SMILES string of the molecule is O=C([N]CCC1CCC1)OCCc1ccccc1. The van der Waals surface area contributed by atoms with Crippen LogP contribution in [0.4, 0.5) is 4.79 Å². The summed E-state index contributed by atoms with van der Waals surface area (Å²) in [5, 5.41) is 3.92. The molecule has 0 bridgehead atoms. The maximum atomic E-state index is 11.3. The molecule has 1 amide bonds. The monoisotopic (exact) mass is 246 g/mol. The molecule has 0 aromatic heterocycles. The van der Waals surface area contributed by atoms with Gasteiger partial charge in [-0.3, -0.25) is 0 Å². The molecule has 0 unspecified atom stereocenters. The second-order valence-electron chi connectivity index (χ2n) is 4.82. The van der Waals surface area contributed by atoms with Crippen molar-refractivity contribution >= 4 is 6.09 Å². The summed E-state index contributed by atoms with van der Waals surface area (Å²) in [6, 6.07) is 10.0. The van der Waals surface area contributed by atoms with Crippen molar-refractivity contribution in [3.63, 3.8) is 0 Å². The van der Waals surface area contributed by atoms with Crippen molar-refractivity contribution in [1.82, 2.24) is 5.32 Å². The zero-order chi connectivity index (χ0) is 12.6. The van der Waals surface area contributed by atoms with E-state index in [2.05, 4.69) is 5.32 Å². The lowest BCUT2D eigenvalue weighted by Gasteiger charge is -2.24. The van der Waals surface area contributed by atoms with Crippen LogP contribution in [0.25, 0.3) is 0 Å². The van der Waals surface area contributed by atoms with Gasteiger partial charge >= 0.3 is 6.09 Å². The normalized spacial score (nSPS) is 14.9. The molecule has 18 heavy (non-hydrogen) atoms. The van der Waals surface area contributed by atoms with E-state index in [1.165, 1.54) is 24.8 Å². The van der Waals surface area contributed by atoms with Gasteiger partial charge in [0, 0.05) is 13.0 Å². The second-order valence-corrected chi connectivity index (χ2v) is 4.82. The standard InChI is InChI=1S/C15H20NO2/c17-15(16-11-9-13-7-4-8-13)18-12-10-14-5-2-1-3-6-14/h1-3,5-6,13H,4,7-12H2. The van der Waals surface area contributed by atoms with E-state index in [1.54, 1.807) is 0 Å². The molecule has 1 aliphatic rings. The van der Waals surface area contributed by atoms with Crippen LogP contribution in [0.1, 0.15) is 31.2 Å². The smallest absolute Gasteiger partial charge is 0.428 e. The topological polar surface area (TPSA) is 40.4 Å². The number of rotatable bonds is 6. The molecule has 1 aromatic rings. The number of hydrogen-bond acceptors (Lipinski definition) is 2. The first kappa shape index (κ1) is 12.9. The van der Waals surface area contributed by atoms with Gasteiger partial charge in [0.1, 0.15) is 0 Å². The Bertz CT molecular complexity index is 360. The van der Waals surface area contributed by atoms with Gasteiger partial charge < -0.3 is 4.74 Å². The van der Waals surface area contributed by atoms with Crippen LogP contribution >= 0.6 is 0 Å². The van der Waals surface area contributed by atoms with Crippen molar-refractivity contribution in [2.45, 2.75) is 32.1 Å². The van der Waals surface area contributed by atoms with E-state index in [-0.39, 0.29) is 0 Å². The number of hydrogen-bond donors (Lipinski definition) is 0. The van der Waals surface area contributed by atoms with E-state index in [4.69, 9.17) is 4.74 Å². The van der Waals surface area contributed by atoms with Crippen LogP contribution in [0, 0.1) is 5.92 Å². The van der Waals surface area contributed by atoms with Crippen LogP contribution in [0.2, 0.25) is 0 Å². The molecule has 0 spiro atoms. The first-order chi connectivity index (χ1) is 8.84. The van der Waals surface area contributed by atoms with E-state index in [9.17, 15) is 4.79 Å². The average molecular weight is 246 g/mol. The first-order valence-corrected chi connectivity index (χ1v) is 6.73. The molecule has 3 nitrogen and oxygen atoms in total. The van der Waals surface area contributed by atoms with Crippen LogP contribution in [0.15, 0.2) is 30.3 Å². The first-order valence-electron chi connectivity index (χ1n) is 6.73. The lowest BCUT2D eigenvalue weighted by atomic mass is 9.83. The van der Waals surface area contributed by atoms with Crippen molar-refractivity contribution in [2.75, 3.05) is 13.2 Å². The molecule has 1 radical (unpaired) electrons. The summed E-state index contributed by atoms with van der Waals surface area (Å²) in [5.41, 5.74) is 1.18. The highest BCUT2D eigenvalue weighted by Gasteiger charge is 2.17. The van der Waals surface area contributed by atoms with Gasteiger partial charge in [0.05, 0.1) is 6.61 Å². The van der Waals surface area contributed by atoms with Gasteiger partial charge in [-0.1, -0.05) is 49.6 Å². The van der Waals surface area contributed by atoms with Crippen molar-refractivity contribution in [2.24, 2.45) is 5.92 Å². The van der Waals surface area contributed by atoms with Crippen LogP contribution < -0.4 is 5.32 Å². The van der Waals surface area contributed by atoms with E-state index < -0.39 is 6.09 Å². The Morgan fingerprint density at radius 3 is 2.72 bits per heavy atom. The molecule has 1 aromatic carbocycles. The van der Waals surface area contributed by atoms with Gasteiger partial charge in [-0.15, -0.1) is 0 Å². The zero-order valence-corrected chi connectivity index (χ0v) is 10.7. The average Bonchev–Trinajstić information content (AvgIpc) is 2.34. The van der Waals surface area contributed by atoms with Crippen molar-refractivity contribution < 1.29 is 9.53 Å². The fourth-order valence-electron chi connectivity index (χ4n) is 2.07. The summed E-state index contributed by atoms with van der Waals surface area (Å²) >= 11 is 0. The van der Waals surface area contributed by atoms with Gasteiger partial charge in [-0.2, -0.15) is 0 Å². The van der Waals surface area contributed by atoms with Gasteiger partial charge in [0.25, 0.3) is 0 Å². The minimum absolute atomic E-state index is 0.412. The minimum atomic E-state index is -0.412. The summed E-state index contributed by atoms with van der Waals surface area (Å²) in [4.78, 5) is 11.3. The summed E-state index contributed by atoms with van der Waals surface area (Å²) in [6.45, 7) is 1.03. The number of benzene rings is 1. The lowest BCUT2D eigenvalue weighted by molar-refractivity contribution is 0.145. The van der Waals surface area contributed by atoms with Gasteiger partial charge in [0.2, 0.25) is 0 Å². The lowest BCUT2D eigenvalue weighted by Crippen LogP contribution is -2.22. The molecule has 1 aliphatic carbocycles. The zero-order valence-electron chi connectivity index (χ0n) is 10.7. The van der Waals surface area contributed by atoms with E-state index >= 15 is 0 Å². The fourth-order valence-corrected chi connectivity index (χ4v) is 2.07. The molecular formula is C15H20NO2. The third kappa shape index (κ3) is 4.40. The number of amides is 1. The van der Waals surface area contributed by atoms with Crippen LogP contribution in [0.3, 0.4) is 0 Å². The summed E-state index contributed by atoms with van der Waals surface area (Å²) < 4.78 is 5.07. The number of nitrogens with zero attached hydrogens (tertiary/aromatic N) is 1. The Morgan fingerprint density at radius 1 is 1.28 bits per heavy atom. The van der Waals surface area contributed by atoms with Gasteiger partial charge in [-0.05, 0) is 17.9 Å². The Hall–Kier alpha value is -1.51. The Balaban J connectivity index is 1.51. The highest BCUT2D eigenvalue weighted by molar-refractivity contribution is 5.66. The molecule has 1 fully saturated rings. The molecule has 0 atom stereocenters. The van der Waals surface area contributed by atoms with Gasteiger partial charge in [0.15, 0.2) is 0 Å². The summed E-state index contributed by atoms with van der Waals surface area (Å²) in [5.74, 6) is 0.797. The van der Waals surface area contributed by atoms with Crippen molar-refractivity contribution in [1.29, 1.82) is 0 Å². The molecule has 0 saturated heterocycles. The highest BCUT2D eigenvalue weighted by atomic mass is 16.5. The molecule has 2 rings (SSSR count).